The van der Waals surface area contributed by atoms with Gasteiger partial charge in [-0.15, -0.1) is 0 Å². The van der Waals surface area contributed by atoms with Crippen molar-refractivity contribution in [2.24, 2.45) is 0 Å². The largest absolute Gasteiger partial charge is 0.456 e. The fourth-order valence-electron chi connectivity index (χ4n) is 0.986. The Morgan fingerprint density at radius 2 is 1.39 bits per heavy atom. The molecule has 0 bridgehead atoms. The summed E-state index contributed by atoms with van der Waals surface area (Å²) in [7, 11) is -4.42. The second kappa shape index (κ2) is 7.81. The number of ether oxygens (including phenoxy) is 2. The molecule has 0 aromatic carbocycles. The van der Waals surface area contributed by atoms with E-state index >= 15 is 0 Å². The molecular weight excluding hydrogens is 366 g/mol. The third kappa shape index (κ3) is 12.6. The van der Waals surface area contributed by atoms with Gasteiger partial charge >= 0.3 is 24.3 Å². The zero-order valence-electron chi connectivity index (χ0n) is 11.2. The highest BCUT2D eigenvalue weighted by molar-refractivity contribution is 7.86. The van der Waals surface area contributed by atoms with Crippen molar-refractivity contribution in [2.75, 3.05) is 19.5 Å². The fourth-order valence-corrected chi connectivity index (χ4v) is 1.55. The molecule has 0 saturated heterocycles. The van der Waals surface area contributed by atoms with Crippen molar-refractivity contribution in [2.45, 2.75) is 24.9 Å². The van der Waals surface area contributed by atoms with E-state index in [4.69, 9.17) is 0 Å². The SMILES string of the molecule is CS(=O)(=O)OC(CC(=O)OCC(F)(F)F)C(=O)OCC(F)(F)F. The number of hydrogen-bond donors (Lipinski definition) is 0. The monoisotopic (exact) mass is 376 g/mol. The van der Waals surface area contributed by atoms with Gasteiger partial charge in [-0.2, -0.15) is 34.8 Å². The number of esters is 2. The smallest absolute Gasteiger partial charge is 0.422 e. The van der Waals surface area contributed by atoms with Gasteiger partial charge in [-0.3, -0.25) is 8.98 Å². The van der Waals surface area contributed by atoms with E-state index in [9.17, 15) is 44.3 Å². The number of halogens is 6. The van der Waals surface area contributed by atoms with Gasteiger partial charge < -0.3 is 9.47 Å². The molecule has 0 fully saturated rings. The molecule has 0 radical (unpaired) electrons. The van der Waals surface area contributed by atoms with E-state index in [2.05, 4.69) is 13.7 Å². The summed E-state index contributed by atoms with van der Waals surface area (Å²) in [4.78, 5) is 22.3. The number of alkyl halides is 6. The first-order valence-corrected chi connectivity index (χ1v) is 7.25. The Balaban J connectivity index is 4.81. The summed E-state index contributed by atoms with van der Waals surface area (Å²) < 4.78 is 104. The molecule has 0 rings (SSSR count). The van der Waals surface area contributed by atoms with Crippen LogP contribution in [0.2, 0.25) is 0 Å². The van der Waals surface area contributed by atoms with Crippen molar-refractivity contribution in [1.82, 2.24) is 0 Å². The fraction of sp³-hybridized carbons (Fsp3) is 0.778. The molecule has 0 aromatic rings. The van der Waals surface area contributed by atoms with Crippen LogP contribution in [0, 0.1) is 0 Å². The maximum absolute atomic E-state index is 11.9. The Kier molecular flexibility index (Phi) is 7.27. The molecule has 0 amide bonds. The predicted molar refractivity (Wildman–Crippen MR) is 58.4 cm³/mol. The standard InChI is InChI=1S/C9H10F6O7S/c1-23(18,19)22-5(7(17)21-4-9(13,14)15)2-6(16)20-3-8(10,11)12/h5H,2-4H2,1H3. The Morgan fingerprint density at radius 3 is 1.78 bits per heavy atom. The van der Waals surface area contributed by atoms with Gasteiger partial charge in [-0.25, -0.2) is 4.79 Å². The van der Waals surface area contributed by atoms with Crippen molar-refractivity contribution in [3.8, 4) is 0 Å². The quantitative estimate of drug-likeness (QED) is 0.371. The highest BCUT2D eigenvalue weighted by Crippen LogP contribution is 2.17. The van der Waals surface area contributed by atoms with Gasteiger partial charge in [0.15, 0.2) is 19.3 Å². The second-order valence-electron chi connectivity index (χ2n) is 3.99. The van der Waals surface area contributed by atoms with Gasteiger partial charge in [0.1, 0.15) is 0 Å². The van der Waals surface area contributed by atoms with Crippen molar-refractivity contribution in [1.29, 1.82) is 0 Å². The first-order valence-electron chi connectivity index (χ1n) is 5.43. The molecule has 0 aromatic heterocycles. The maximum atomic E-state index is 11.9. The van der Waals surface area contributed by atoms with E-state index in [1.807, 2.05) is 0 Å². The van der Waals surface area contributed by atoms with Crippen LogP contribution in [0.3, 0.4) is 0 Å². The molecule has 0 aliphatic carbocycles. The molecule has 1 unspecified atom stereocenters. The van der Waals surface area contributed by atoms with Gasteiger partial charge in [0.05, 0.1) is 12.7 Å². The summed E-state index contributed by atoms with van der Waals surface area (Å²) in [5.74, 6) is -3.63. The molecule has 23 heavy (non-hydrogen) atoms. The topological polar surface area (TPSA) is 96.0 Å². The molecular formula is C9H10F6O7S. The van der Waals surface area contributed by atoms with E-state index in [1.54, 1.807) is 0 Å². The number of carbonyl (C=O) groups is 2. The van der Waals surface area contributed by atoms with Crippen molar-refractivity contribution < 1.29 is 58.0 Å². The van der Waals surface area contributed by atoms with Gasteiger partial charge in [0.2, 0.25) is 0 Å². The molecule has 0 aliphatic rings. The number of carbonyl (C=O) groups excluding carboxylic acids is 2. The minimum absolute atomic E-state index is 0.401. The van der Waals surface area contributed by atoms with Crippen LogP contribution in [0.25, 0.3) is 0 Å². The molecule has 0 N–H and O–H groups in total. The van der Waals surface area contributed by atoms with Crippen LogP contribution in [0.15, 0.2) is 0 Å². The molecule has 0 aliphatic heterocycles. The van der Waals surface area contributed by atoms with Crippen LogP contribution in [0.5, 0.6) is 0 Å². The van der Waals surface area contributed by atoms with E-state index in [0.29, 0.717) is 6.26 Å². The first-order chi connectivity index (χ1) is 10.1. The molecule has 7 nitrogen and oxygen atoms in total. The van der Waals surface area contributed by atoms with E-state index in [1.165, 1.54) is 0 Å². The average Bonchev–Trinajstić information content (AvgIpc) is 2.29. The molecule has 0 saturated carbocycles. The third-order valence-electron chi connectivity index (χ3n) is 1.68. The summed E-state index contributed by atoms with van der Waals surface area (Å²) >= 11 is 0. The molecule has 0 spiro atoms. The van der Waals surface area contributed by atoms with Crippen molar-refractivity contribution in [3.63, 3.8) is 0 Å². The number of rotatable bonds is 7. The maximum Gasteiger partial charge on any atom is 0.422 e. The Labute approximate surface area is 125 Å². The molecule has 136 valence electrons. The number of hydrogen-bond acceptors (Lipinski definition) is 7. The van der Waals surface area contributed by atoms with E-state index in [0.717, 1.165) is 0 Å². The summed E-state index contributed by atoms with van der Waals surface area (Å²) in [6.07, 6.45) is -13.2. The van der Waals surface area contributed by atoms with Crippen LogP contribution >= 0.6 is 0 Å². The van der Waals surface area contributed by atoms with Crippen LogP contribution in [-0.2, 0) is 33.4 Å². The van der Waals surface area contributed by atoms with Crippen molar-refractivity contribution in [3.05, 3.63) is 0 Å². The van der Waals surface area contributed by atoms with Crippen LogP contribution in [0.1, 0.15) is 6.42 Å². The van der Waals surface area contributed by atoms with Gasteiger partial charge in [-0.1, -0.05) is 0 Å². The van der Waals surface area contributed by atoms with E-state index < -0.39 is 60.1 Å². The lowest BCUT2D eigenvalue weighted by Gasteiger charge is -2.16. The summed E-state index contributed by atoms with van der Waals surface area (Å²) in [6, 6.07) is 0. The van der Waals surface area contributed by atoms with Gasteiger partial charge in [-0.05, 0) is 0 Å². The van der Waals surface area contributed by atoms with Crippen molar-refractivity contribution >= 4 is 22.1 Å². The Morgan fingerprint density at radius 1 is 0.957 bits per heavy atom. The van der Waals surface area contributed by atoms with Gasteiger partial charge in [0, 0.05) is 0 Å². The van der Waals surface area contributed by atoms with Crippen LogP contribution < -0.4 is 0 Å². The third-order valence-corrected chi connectivity index (χ3v) is 2.26. The highest BCUT2D eigenvalue weighted by atomic mass is 32.2. The summed E-state index contributed by atoms with van der Waals surface area (Å²) in [5, 5.41) is 0. The lowest BCUT2D eigenvalue weighted by Crippen LogP contribution is -2.34. The van der Waals surface area contributed by atoms with Crippen LogP contribution in [0.4, 0.5) is 26.3 Å². The first kappa shape index (κ1) is 21.4. The minimum Gasteiger partial charge on any atom is -0.456 e. The lowest BCUT2D eigenvalue weighted by atomic mass is 10.2. The zero-order valence-corrected chi connectivity index (χ0v) is 12.0. The average molecular weight is 376 g/mol. The minimum atomic E-state index is -4.94. The normalized spacial score (nSPS) is 14.2. The Hall–Kier alpha value is -1.57. The second-order valence-corrected chi connectivity index (χ2v) is 5.59. The Bertz CT molecular complexity index is 523. The lowest BCUT2D eigenvalue weighted by molar-refractivity contribution is -0.194. The molecule has 14 heteroatoms. The highest BCUT2D eigenvalue weighted by Gasteiger charge is 2.35. The predicted octanol–water partition coefficient (Wildman–Crippen LogP) is 0.932. The molecule has 1 atom stereocenters. The van der Waals surface area contributed by atoms with Crippen LogP contribution in [-0.4, -0.2) is 58.3 Å². The van der Waals surface area contributed by atoms with Gasteiger partial charge in [0.25, 0.3) is 10.1 Å². The zero-order chi connectivity index (χ0) is 18.5. The molecule has 0 heterocycles. The summed E-state index contributed by atoms with van der Waals surface area (Å²) in [5.41, 5.74) is 0. The van der Waals surface area contributed by atoms with E-state index in [-0.39, 0.29) is 0 Å². The summed E-state index contributed by atoms with van der Waals surface area (Å²) in [6.45, 7) is -4.14.